The summed E-state index contributed by atoms with van der Waals surface area (Å²) in [6.45, 7) is 5.71. The van der Waals surface area contributed by atoms with Crippen molar-refractivity contribution >= 4 is 5.97 Å². The molecule has 18 heavy (non-hydrogen) atoms. The van der Waals surface area contributed by atoms with Gasteiger partial charge in [0.15, 0.2) is 0 Å². The average molecular weight is 265 g/mol. The molecule has 0 saturated carbocycles. The van der Waals surface area contributed by atoms with Crippen molar-refractivity contribution < 1.29 is 23.0 Å². The Labute approximate surface area is 106 Å². The first-order chi connectivity index (χ1) is 8.27. The Hall–Kier alpha value is -0.750. The predicted molar refractivity (Wildman–Crippen MR) is 62.6 cm³/mol. The van der Waals surface area contributed by atoms with E-state index < -0.39 is 24.4 Å². The van der Waals surface area contributed by atoms with Crippen molar-refractivity contribution in [3.8, 4) is 0 Å². The van der Waals surface area contributed by atoms with Crippen LogP contribution in [0.15, 0.2) is 0 Å². The third-order valence-electron chi connectivity index (χ3n) is 3.01. The van der Waals surface area contributed by atoms with E-state index in [0.717, 1.165) is 6.42 Å². The van der Waals surface area contributed by atoms with Gasteiger partial charge in [-0.25, -0.2) is 4.79 Å². The largest absolute Gasteiger partial charge is 0.456 e. The van der Waals surface area contributed by atoms with Crippen LogP contribution in [-0.2, 0) is 14.3 Å². The molecule has 0 radical (unpaired) electrons. The molecule has 106 valence electrons. The van der Waals surface area contributed by atoms with Crippen LogP contribution in [0.5, 0.6) is 0 Å². The highest BCUT2D eigenvalue weighted by Crippen LogP contribution is 2.30. The second kappa shape index (κ2) is 5.93. The molecule has 0 aromatic rings. The van der Waals surface area contributed by atoms with Crippen LogP contribution < -0.4 is 5.32 Å². The van der Waals surface area contributed by atoms with Crippen LogP contribution >= 0.6 is 0 Å². The van der Waals surface area contributed by atoms with Gasteiger partial charge in [0.1, 0.15) is 6.10 Å². The Morgan fingerprint density at radius 2 is 2.22 bits per heavy atom. The Morgan fingerprint density at radius 1 is 1.56 bits per heavy atom. The van der Waals surface area contributed by atoms with Gasteiger partial charge in [-0.15, -0.1) is 0 Å². The molecular formula is C12H21F2NO3. The van der Waals surface area contributed by atoms with E-state index in [9.17, 15) is 13.6 Å². The zero-order valence-corrected chi connectivity index (χ0v) is 11.1. The standard InChI is InChI=1S/C12H21F2NO3/c1-11(2,4-5-17-3)8-15-7-9-6-12(13,14)10(16)18-9/h9,15H,4-8H2,1-3H3. The van der Waals surface area contributed by atoms with Crippen molar-refractivity contribution in [1.82, 2.24) is 5.32 Å². The minimum atomic E-state index is -3.32. The second-order valence-corrected chi connectivity index (χ2v) is 5.47. The molecule has 1 rings (SSSR count). The van der Waals surface area contributed by atoms with E-state index in [2.05, 4.69) is 23.9 Å². The molecule has 0 spiro atoms. The molecule has 1 N–H and O–H groups in total. The first-order valence-corrected chi connectivity index (χ1v) is 6.05. The minimum absolute atomic E-state index is 0.0150. The fraction of sp³-hybridized carbons (Fsp3) is 0.917. The van der Waals surface area contributed by atoms with Gasteiger partial charge in [-0.2, -0.15) is 8.78 Å². The number of halogens is 2. The first kappa shape index (κ1) is 15.3. The molecule has 0 aliphatic carbocycles. The number of ether oxygens (including phenoxy) is 2. The van der Waals surface area contributed by atoms with Gasteiger partial charge in [0.25, 0.3) is 0 Å². The summed E-state index contributed by atoms with van der Waals surface area (Å²) in [5.41, 5.74) is 0.0150. The van der Waals surface area contributed by atoms with E-state index in [4.69, 9.17) is 4.74 Å². The Bertz CT molecular complexity index is 295. The Morgan fingerprint density at radius 3 is 2.72 bits per heavy atom. The van der Waals surface area contributed by atoms with Gasteiger partial charge in [-0.1, -0.05) is 13.8 Å². The fourth-order valence-corrected chi connectivity index (χ4v) is 1.80. The summed E-state index contributed by atoms with van der Waals surface area (Å²) < 4.78 is 35.4. The van der Waals surface area contributed by atoms with E-state index in [-0.39, 0.29) is 12.0 Å². The maximum Gasteiger partial charge on any atom is 0.377 e. The van der Waals surface area contributed by atoms with Gasteiger partial charge < -0.3 is 14.8 Å². The smallest absolute Gasteiger partial charge is 0.377 e. The van der Waals surface area contributed by atoms with Crippen molar-refractivity contribution in [3.05, 3.63) is 0 Å². The summed E-state index contributed by atoms with van der Waals surface area (Å²) in [5, 5.41) is 3.07. The minimum Gasteiger partial charge on any atom is -0.456 e. The molecule has 0 amide bonds. The van der Waals surface area contributed by atoms with Crippen LogP contribution in [0.4, 0.5) is 8.78 Å². The van der Waals surface area contributed by atoms with E-state index >= 15 is 0 Å². The molecular weight excluding hydrogens is 244 g/mol. The molecule has 6 heteroatoms. The lowest BCUT2D eigenvalue weighted by atomic mass is 9.89. The summed E-state index contributed by atoms with van der Waals surface area (Å²) in [7, 11) is 1.64. The summed E-state index contributed by atoms with van der Waals surface area (Å²) in [5.74, 6) is -4.73. The van der Waals surface area contributed by atoms with Gasteiger partial charge >= 0.3 is 11.9 Å². The van der Waals surface area contributed by atoms with Gasteiger partial charge in [-0.05, 0) is 11.8 Å². The number of hydrogen-bond acceptors (Lipinski definition) is 4. The molecule has 1 saturated heterocycles. The predicted octanol–water partition coefficient (Wildman–Crippen LogP) is 1.59. The van der Waals surface area contributed by atoms with Crippen LogP contribution in [0.2, 0.25) is 0 Å². The van der Waals surface area contributed by atoms with Crippen LogP contribution in [0, 0.1) is 5.41 Å². The lowest BCUT2D eigenvalue weighted by Crippen LogP contribution is -2.35. The van der Waals surface area contributed by atoms with Crippen LogP contribution in [0.1, 0.15) is 26.7 Å². The number of cyclic esters (lactones) is 1. The number of nitrogens with one attached hydrogen (secondary N) is 1. The molecule has 1 aliphatic rings. The fourth-order valence-electron chi connectivity index (χ4n) is 1.80. The summed E-state index contributed by atoms with van der Waals surface area (Å²) in [6, 6.07) is 0. The van der Waals surface area contributed by atoms with Crippen molar-refractivity contribution in [2.75, 3.05) is 26.8 Å². The maximum absolute atomic E-state index is 12.9. The van der Waals surface area contributed by atoms with Gasteiger partial charge in [-0.3, -0.25) is 0 Å². The number of alkyl halides is 2. The molecule has 1 fully saturated rings. The molecule has 1 unspecified atom stereocenters. The number of hydrogen-bond donors (Lipinski definition) is 1. The van der Waals surface area contributed by atoms with E-state index in [0.29, 0.717) is 13.2 Å². The highest BCUT2D eigenvalue weighted by Gasteiger charge is 2.50. The second-order valence-electron chi connectivity index (χ2n) is 5.47. The van der Waals surface area contributed by atoms with Crippen molar-refractivity contribution in [2.45, 2.75) is 38.7 Å². The van der Waals surface area contributed by atoms with Gasteiger partial charge in [0, 0.05) is 26.8 Å². The molecule has 1 aliphatic heterocycles. The highest BCUT2D eigenvalue weighted by atomic mass is 19.3. The van der Waals surface area contributed by atoms with E-state index in [1.54, 1.807) is 7.11 Å². The molecule has 4 nitrogen and oxygen atoms in total. The monoisotopic (exact) mass is 265 g/mol. The molecule has 0 aromatic carbocycles. The lowest BCUT2D eigenvalue weighted by Gasteiger charge is -2.25. The van der Waals surface area contributed by atoms with Crippen LogP contribution in [0.25, 0.3) is 0 Å². The third-order valence-corrected chi connectivity index (χ3v) is 3.01. The molecule has 1 heterocycles. The van der Waals surface area contributed by atoms with Crippen LogP contribution in [-0.4, -0.2) is 44.8 Å². The SMILES string of the molecule is COCCC(C)(C)CNCC1CC(F)(F)C(=O)O1. The quantitative estimate of drug-likeness (QED) is 0.710. The summed E-state index contributed by atoms with van der Waals surface area (Å²) in [6.07, 6.45) is -0.389. The van der Waals surface area contributed by atoms with E-state index in [1.165, 1.54) is 0 Å². The average Bonchev–Trinajstić information content (AvgIpc) is 2.50. The molecule has 0 bridgehead atoms. The first-order valence-electron chi connectivity index (χ1n) is 6.05. The van der Waals surface area contributed by atoms with Crippen molar-refractivity contribution in [2.24, 2.45) is 5.41 Å². The third kappa shape index (κ3) is 4.49. The number of esters is 1. The van der Waals surface area contributed by atoms with Gasteiger partial charge in [0.05, 0.1) is 6.42 Å². The zero-order chi connectivity index (χ0) is 13.8. The number of rotatable bonds is 7. The topological polar surface area (TPSA) is 47.6 Å². The zero-order valence-electron chi connectivity index (χ0n) is 11.1. The van der Waals surface area contributed by atoms with Crippen molar-refractivity contribution in [1.29, 1.82) is 0 Å². The van der Waals surface area contributed by atoms with Crippen LogP contribution in [0.3, 0.4) is 0 Å². The van der Waals surface area contributed by atoms with Gasteiger partial charge in [0.2, 0.25) is 0 Å². The summed E-state index contributed by atoms with van der Waals surface area (Å²) in [4.78, 5) is 10.8. The summed E-state index contributed by atoms with van der Waals surface area (Å²) >= 11 is 0. The van der Waals surface area contributed by atoms with Crippen molar-refractivity contribution in [3.63, 3.8) is 0 Å². The van der Waals surface area contributed by atoms with E-state index in [1.807, 2.05) is 0 Å². The number of methoxy groups -OCH3 is 1. The molecule has 1 atom stereocenters. The lowest BCUT2D eigenvalue weighted by molar-refractivity contribution is -0.159. The number of carbonyl (C=O) groups is 1. The number of carbonyl (C=O) groups excluding carboxylic acids is 1. The maximum atomic E-state index is 12.9. The Balaban J connectivity index is 2.25. The Kier molecular flexibility index (Phi) is 5.04. The molecule has 0 aromatic heterocycles. The normalized spacial score (nSPS) is 23.2. The highest BCUT2D eigenvalue weighted by molar-refractivity contribution is 5.79.